The van der Waals surface area contributed by atoms with Crippen molar-refractivity contribution < 1.29 is 9.53 Å². The smallest absolute Gasteiger partial charge is 0.162 e. The monoisotopic (exact) mass is 254 g/mol. The SMILES string of the molecule is CCC(=O)c1cccc(Oc2ccccc2CC)c1. The molecule has 98 valence electrons. The Labute approximate surface area is 114 Å². The second-order valence-electron chi connectivity index (χ2n) is 4.37. The molecule has 0 saturated carbocycles. The first-order chi connectivity index (χ1) is 9.24. The molecule has 0 heterocycles. The maximum absolute atomic E-state index is 11.7. The first kappa shape index (κ1) is 13.3. The summed E-state index contributed by atoms with van der Waals surface area (Å²) in [6.07, 6.45) is 1.43. The van der Waals surface area contributed by atoms with Gasteiger partial charge in [0.2, 0.25) is 0 Å². The summed E-state index contributed by atoms with van der Waals surface area (Å²) in [5.74, 6) is 1.69. The predicted octanol–water partition coefficient (Wildman–Crippen LogP) is 4.63. The summed E-state index contributed by atoms with van der Waals surface area (Å²) in [5.41, 5.74) is 1.86. The minimum absolute atomic E-state index is 0.134. The molecule has 2 nitrogen and oxygen atoms in total. The van der Waals surface area contributed by atoms with E-state index in [1.165, 1.54) is 0 Å². The number of hydrogen-bond acceptors (Lipinski definition) is 2. The Morgan fingerprint density at radius 2 is 1.84 bits per heavy atom. The topological polar surface area (TPSA) is 26.3 Å². The minimum Gasteiger partial charge on any atom is -0.457 e. The molecule has 2 aromatic rings. The van der Waals surface area contributed by atoms with E-state index >= 15 is 0 Å². The van der Waals surface area contributed by atoms with Crippen LogP contribution in [0.1, 0.15) is 36.2 Å². The lowest BCUT2D eigenvalue weighted by atomic mass is 10.1. The quantitative estimate of drug-likeness (QED) is 0.727. The van der Waals surface area contributed by atoms with Crippen molar-refractivity contribution in [3.8, 4) is 11.5 Å². The standard InChI is InChI=1S/C17H18O2/c1-3-13-8-5-6-11-17(13)19-15-10-7-9-14(12-15)16(18)4-2/h5-12H,3-4H2,1-2H3. The van der Waals surface area contributed by atoms with Crippen LogP contribution in [0.4, 0.5) is 0 Å². The highest BCUT2D eigenvalue weighted by atomic mass is 16.5. The average Bonchev–Trinajstić information content (AvgIpc) is 2.47. The van der Waals surface area contributed by atoms with Crippen LogP contribution in [-0.4, -0.2) is 5.78 Å². The Balaban J connectivity index is 2.26. The third kappa shape index (κ3) is 3.22. The molecule has 0 aromatic heterocycles. The van der Waals surface area contributed by atoms with Gasteiger partial charge in [0.15, 0.2) is 5.78 Å². The fourth-order valence-electron chi connectivity index (χ4n) is 1.96. The van der Waals surface area contributed by atoms with Gasteiger partial charge in [0.25, 0.3) is 0 Å². The molecule has 0 fully saturated rings. The van der Waals surface area contributed by atoms with Crippen molar-refractivity contribution in [3.63, 3.8) is 0 Å². The van der Waals surface area contributed by atoms with Gasteiger partial charge in [-0.1, -0.05) is 44.2 Å². The second-order valence-corrected chi connectivity index (χ2v) is 4.37. The number of carbonyl (C=O) groups excluding carboxylic acids is 1. The predicted molar refractivity (Wildman–Crippen MR) is 77.0 cm³/mol. The zero-order valence-corrected chi connectivity index (χ0v) is 11.3. The largest absolute Gasteiger partial charge is 0.457 e. The van der Waals surface area contributed by atoms with Gasteiger partial charge in [0.05, 0.1) is 0 Å². The van der Waals surface area contributed by atoms with E-state index in [-0.39, 0.29) is 5.78 Å². The Morgan fingerprint density at radius 3 is 2.58 bits per heavy atom. The molecule has 0 radical (unpaired) electrons. The summed E-state index contributed by atoms with van der Waals surface area (Å²) in [6, 6.07) is 15.3. The molecule has 0 aliphatic heterocycles. The summed E-state index contributed by atoms with van der Waals surface area (Å²) in [5, 5.41) is 0. The van der Waals surface area contributed by atoms with E-state index in [4.69, 9.17) is 4.74 Å². The lowest BCUT2D eigenvalue weighted by Gasteiger charge is -2.10. The molecular weight excluding hydrogens is 236 g/mol. The van der Waals surface area contributed by atoms with Gasteiger partial charge in [-0.3, -0.25) is 4.79 Å². The van der Waals surface area contributed by atoms with Crippen molar-refractivity contribution in [1.29, 1.82) is 0 Å². The maximum atomic E-state index is 11.7. The highest BCUT2D eigenvalue weighted by Gasteiger charge is 2.06. The van der Waals surface area contributed by atoms with Crippen LogP contribution in [0.5, 0.6) is 11.5 Å². The Morgan fingerprint density at radius 1 is 1.05 bits per heavy atom. The van der Waals surface area contributed by atoms with Crippen LogP contribution in [0.25, 0.3) is 0 Å². The highest BCUT2D eigenvalue weighted by Crippen LogP contribution is 2.26. The normalized spacial score (nSPS) is 10.2. The van der Waals surface area contributed by atoms with Crippen LogP contribution in [0, 0.1) is 0 Å². The molecule has 0 amide bonds. The number of Topliss-reactive ketones (excluding diaryl/α,β-unsaturated/α-hetero) is 1. The number of aryl methyl sites for hydroxylation is 1. The van der Waals surface area contributed by atoms with Gasteiger partial charge in [-0.15, -0.1) is 0 Å². The Kier molecular flexibility index (Phi) is 4.35. The first-order valence-corrected chi connectivity index (χ1v) is 6.63. The molecule has 2 aromatic carbocycles. The zero-order chi connectivity index (χ0) is 13.7. The average molecular weight is 254 g/mol. The van der Waals surface area contributed by atoms with Crippen LogP contribution in [0.15, 0.2) is 48.5 Å². The third-order valence-electron chi connectivity index (χ3n) is 3.06. The Bertz CT molecular complexity index is 573. The molecule has 0 spiro atoms. The van der Waals surface area contributed by atoms with Crippen molar-refractivity contribution in [2.75, 3.05) is 0 Å². The number of para-hydroxylation sites is 1. The van der Waals surface area contributed by atoms with Crippen LogP contribution < -0.4 is 4.74 Å². The van der Waals surface area contributed by atoms with E-state index in [9.17, 15) is 4.79 Å². The fourth-order valence-corrected chi connectivity index (χ4v) is 1.96. The number of carbonyl (C=O) groups is 1. The number of rotatable bonds is 5. The number of benzene rings is 2. The van der Waals surface area contributed by atoms with Gasteiger partial charge >= 0.3 is 0 Å². The van der Waals surface area contributed by atoms with Gasteiger partial charge in [-0.25, -0.2) is 0 Å². The number of ketones is 1. The zero-order valence-electron chi connectivity index (χ0n) is 11.3. The molecular formula is C17H18O2. The molecule has 0 atom stereocenters. The molecule has 0 bridgehead atoms. The van der Waals surface area contributed by atoms with Crippen molar-refractivity contribution in [2.45, 2.75) is 26.7 Å². The minimum atomic E-state index is 0.134. The van der Waals surface area contributed by atoms with Crippen LogP contribution in [0.2, 0.25) is 0 Å². The summed E-state index contributed by atoms with van der Waals surface area (Å²) < 4.78 is 5.88. The van der Waals surface area contributed by atoms with E-state index in [1.54, 1.807) is 6.07 Å². The van der Waals surface area contributed by atoms with Gasteiger partial charge in [0.1, 0.15) is 11.5 Å². The molecule has 0 aliphatic rings. The molecule has 0 unspecified atom stereocenters. The van der Waals surface area contributed by atoms with Crippen LogP contribution in [0.3, 0.4) is 0 Å². The molecule has 19 heavy (non-hydrogen) atoms. The van der Waals surface area contributed by atoms with E-state index in [0.717, 1.165) is 17.7 Å². The van der Waals surface area contributed by atoms with E-state index in [1.807, 2.05) is 43.3 Å². The van der Waals surface area contributed by atoms with Crippen LogP contribution >= 0.6 is 0 Å². The van der Waals surface area contributed by atoms with Crippen molar-refractivity contribution in [2.24, 2.45) is 0 Å². The first-order valence-electron chi connectivity index (χ1n) is 6.63. The van der Waals surface area contributed by atoms with E-state index in [2.05, 4.69) is 13.0 Å². The molecule has 2 rings (SSSR count). The number of ether oxygens (including phenoxy) is 1. The van der Waals surface area contributed by atoms with Gasteiger partial charge in [0, 0.05) is 12.0 Å². The maximum Gasteiger partial charge on any atom is 0.162 e. The second kappa shape index (κ2) is 6.19. The highest BCUT2D eigenvalue weighted by molar-refractivity contribution is 5.96. The molecule has 0 aliphatic carbocycles. The van der Waals surface area contributed by atoms with Crippen molar-refractivity contribution in [3.05, 3.63) is 59.7 Å². The van der Waals surface area contributed by atoms with Gasteiger partial charge in [-0.05, 0) is 30.2 Å². The van der Waals surface area contributed by atoms with Gasteiger partial charge in [-0.2, -0.15) is 0 Å². The van der Waals surface area contributed by atoms with Crippen molar-refractivity contribution in [1.82, 2.24) is 0 Å². The van der Waals surface area contributed by atoms with Crippen LogP contribution in [-0.2, 0) is 6.42 Å². The summed E-state index contributed by atoms with van der Waals surface area (Å²) >= 11 is 0. The third-order valence-corrected chi connectivity index (χ3v) is 3.06. The summed E-state index contributed by atoms with van der Waals surface area (Å²) in [6.45, 7) is 3.96. The van der Waals surface area contributed by atoms with Crippen molar-refractivity contribution >= 4 is 5.78 Å². The van der Waals surface area contributed by atoms with E-state index in [0.29, 0.717) is 17.7 Å². The lowest BCUT2D eigenvalue weighted by molar-refractivity contribution is 0.0988. The molecule has 0 saturated heterocycles. The summed E-state index contributed by atoms with van der Waals surface area (Å²) in [7, 11) is 0. The lowest BCUT2D eigenvalue weighted by Crippen LogP contribution is -1.97. The van der Waals surface area contributed by atoms with Gasteiger partial charge < -0.3 is 4.74 Å². The number of hydrogen-bond donors (Lipinski definition) is 0. The summed E-state index contributed by atoms with van der Waals surface area (Å²) in [4.78, 5) is 11.7. The Hall–Kier alpha value is -2.09. The molecule has 0 N–H and O–H groups in total. The van der Waals surface area contributed by atoms with E-state index < -0.39 is 0 Å². The molecule has 2 heteroatoms. The fraction of sp³-hybridized carbons (Fsp3) is 0.235.